The van der Waals surface area contributed by atoms with Crippen molar-refractivity contribution in [3.63, 3.8) is 0 Å². The van der Waals surface area contributed by atoms with Crippen molar-refractivity contribution in [2.75, 3.05) is 13.1 Å². The van der Waals surface area contributed by atoms with E-state index in [2.05, 4.69) is 13.8 Å². The number of nitrogens with zero attached hydrogens (tertiary/aromatic N) is 1. The molecule has 0 aliphatic rings. The minimum Gasteiger partial charge on any atom is -0.269 e. The first kappa shape index (κ1) is 23.1. The molecular formula is C11H32N2. The van der Waals surface area contributed by atoms with Crippen LogP contribution in [0.3, 0.4) is 0 Å². The van der Waals surface area contributed by atoms with Gasteiger partial charge in [-0.05, 0) is 6.42 Å². The van der Waals surface area contributed by atoms with E-state index in [0.29, 0.717) is 0 Å². The minimum absolute atomic E-state index is 0.952. The molecule has 0 fully saturated rings. The molecular weight excluding hydrogens is 160 g/mol. The highest BCUT2D eigenvalue weighted by Crippen LogP contribution is 1.78. The van der Waals surface area contributed by atoms with Crippen molar-refractivity contribution in [2.45, 2.75) is 61.8 Å². The molecule has 2 N–H and O–H groups in total. The van der Waals surface area contributed by atoms with Crippen molar-refractivity contribution in [3.8, 4) is 0 Å². The Bertz CT molecular complexity index is 39.1. The Balaban J connectivity index is -0.0000000573. The molecule has 13 heavy (non-hydrogen) atoms. The maximum atomic E-state index is 5.42. The summed E-state index contributed by atoms with van der Waals surface area (Å²) in [5.74, 6) is 5.42. The first-order valence-corrected chi connectivity index (χ1v) is 5.80. The van der Waals surface area contributed by atoms with E-state index in [4.69, 9.17) is 5.84 Å². The van der Waals surface area contributed by atoms with Gasteiger partial charge in [0.1, 0.15) is 0 Å². The molecule has 0 unspecified atom stereocenters. The van der Waals surface area contributed by atoms with Crippen LogP contribution in [0, 0.1) is 0 Å². The molecule has 2 nitrogen and oxygen atoms in total. The molecule has 0 saturated heterocycles. The van der Waals surface area contributed by atoms with Gasteiger partial charge < -0.3 is 0 Å². The van der Waals surface area contributed by atoms with Gasteiger partial charge in [-0.2, -0.15) is 0 Å². The van der Waals surface area contributed by atoms with Gasteiger partial charge in [-0.1, -0.05) is 55.4 Å². The zero-order chi connectivity index (χ0) is 11.7. The average Bonchev–Trinajstić information content (AvgIpc) is 2.27. The van der Waals surface area contributed by atoms with Gasteiger partial charge in [0.05, 0.1) is 0 Å². The lowest BCUT2D eigenvalue weighted by atomic mass is 10.5. The highest BCUT2D eigenvalue weighted by molar-refractivity contribution is 4.38. The van der Waals surface area contributed by atoms with Gasteiger partial charge >= 0.3 is 0 Å². The average molecular weight is 192 g/mol. The van der Waals surface area contributed by atoms with Crippen molar-refractivity contribution in [3.05, 3.63) is 0 Å². The Morgan fingerprint density at radius 2 is 1.15 bits per heavy atom. The fourth-order valence-electron chi connectivity index (χ4n) is 0.445. The third-order valence-corrected chi connectivity index (χ3v) is 0.917. The summed E-state index contributed by atoms with van der Waals surface area (Å²) in [7, 11) is 0. The second kappa shape index (κ2) is 40.6. The molecule has 0 atom stereocenters. The third kappa shape index (κ3) is 48.5. The van der Waals surface area contributed by atoms with E-state index in [-0.39, 0.29) is 0 Å². The lowest BCUT2D eigenvalue weighted by Crippen LogP contribution is -2.30. The normalized spacial score (nSPS) is 6.92. The number of nitrogens with two attached hydrogens (primary N) is 1. The number of hydrogen-bond donors (Lipinski definition) is 1. The first-order chi connectivity index (χ1) is 6.31. The van der Waals surface area contributed by atoms with Gasteiger partial charge in [0.15, 0.2) is 0 Å². The third-order valence-electron chi connectivity index (χ3n) is 0.917. The topological polar surface area (TPSA) is 29.3 Å². The highest BCUT2D eigenvalue weighted by atomic mass is 15.4. The summed E-state index contributed by atoms with van der Waals surface area (Å²) in [6.07, 6.45) is 1.14. The second-order valence-electron chi connectivity index (χ2n) is 1.63. The van der Waals surface area contributed by atoms with E-state index in [1.54, 1.807) is 5.01 Å². The smallest absolute Gasteiger partial charge is 0.0125 e. The first-order valence-electron chi connectivity index (χ1n) is 5.80. The predicted octanol–water partition coefficient (Wildman–Crippen LogP) is 3.67. The van der Waals surface area contributed by atoms with Crippen molar-refractivity contribution in [2.24, 2.45) is 5.84 Å². The quantitative estimate of drug-likeness (QED) is 0.546. The SMILES string of the molecule is CC.CC.CC.CCCN(N)CC. The van der Waals surface area contributed by atoms with Gasteiger partial charge in [-0.15, -0.1) is 0 Å². The lowest BCUT2D eigenvalue weighted by molar-refractivity contribution is 0.300. The van der Waals surface area contributed by atoms with Gasteiger partial charge in [-0.3, -0.25) is 5.84 Å². The van der Waals surface area contributed by atoms with Crippen LogP contribution in [0.25, 0.3) is 0 Å². The molecule has 0 aromatic carbocycles. The Morgan fingerprint density at radius 1 is 0.846 bits per heavy atom. The maximum absolute atomic E-state index is 5.42. The molecule has 0 aromatic heterocycles. The van der Waals surface area contributed by atoms with Crippen molar-refractivity contribution in [1.82, 2.24) is 5.01 Å². The van der Waals surface area contributed by atoms with Crippen LogP contribution in [-0.4, -0.2) is 18.1 Å². The Labute approximate surface area is 86.5 Å². The van der Waals surface area contributed by atoms with Gasteiger partial charge in [0.25, 0.3) is 0 Å². The Kier molecular flexibility index (Phi) is 72.0. The fourth-order valence-corrected chi connectivity index (χ4v) is 0.445. The van der Waals surface area contributed by atoms with E-state index >= 15 is 0 Å². The zero-order valence-electron chi connectivity index (χ0n) is 11.1. The molecule has 0 amide bonds. The van der Waals surface area contributed by atoms with Gasteiger partial charge in [0.2, 0.25) is 0 Å². The van der Waals surface area contributed by atoms with Crippen molar-refractivity contribution in [1.29, 1.82) is 0 Å². The predicted molar refractivity (Wildman–Crippen MR) is 65.8 cm³/mol. The van der Waals surface area contributed by atoms with E-state index in [9.17, 15) is 0 Å². The molecule has 0 aliphatic heterocycles. The molecule has 2 heteroatoms. The zero-order valence-corrected chi connectivity index (χ0v) is 11.1. The molecule has 0 radical (unpaired) electrons. The standard InChI is InChI=1S/C5H14N2.3C2H6/c1-3-5-7(6)4-2;3*1-2/h3-6H2,1-2H3;3*1-2H3. The van der Waals surface area contributed by atoms with Crippen LogP contribution in [0.5, 0.6) is 0 Å². The summed E-state index contributed by atoms with van der Waals surface area (Å²) in [4.78, 5) is 0. The summed E-state index contributed by atoms with van der Waals surface area (Å²) in [5, 5.41) is 1.81. The van der Waals surface area contributed by atoms with Crippen LogP contribution in [0.4, 0.5) is 0 Å². The fraction of sp³-hybridized carbons (Fsp3) is 1.00. The van der Waals surface area contributed by atoms with Crippen LogP contribution in [-0.2, 0) is 0 Å². The van der Waals surface area contributed by atoms with Crippen molar-refractivity contribution >= 4 is 0 Å². The van der Waals surface area contributed by atoms with Crippen LogP contribution in [0.2, 0.25) is 0 Å². The van der Waals surface area contributed by atoms with Crippen molar-refractivity contribution < 1.29 is 0 Å². The van der Waals surface area contributed by atoms with Crippen LogP contribution >= 0.6 is 0 Å². The summed E-state index contributed by atoms with van der Waals surface area (Å²) < 4.78 is 0. The molecule has 0 aromatic rings. The number of hydrogen-bond acceptors (Lipinski definition) is 2. The maximum Gasteiger partial charge on any atom is 0.0125 e. The highest BCUT2D eigenvalue weighted by Gasteiger charge is 1.87. The monoisotopic (exact) mass is 192 g/mol. The van der Waals surface area contributed by atoms with Crippen LogP contribution < -0.4 is 5.84 Å². The van der Waals surface area contributed by atoms with Crippen LogP contribution in [0.15, 0.2) is 0 Å². The van der Waals surface area contributed by atoms with E-state index in [1.165, 1.54) is 0 Å². The molecule has 0 spiro atoms. The molecule has 0 saturated carbocycles. The molecule has 0 rings (SSSR count). The van der Waals surface area contributed by atoms with E-state index < -0.39 is 0 Å². The summed E-state index contributed by atoms with van der Waals surface area (Å²) in [5.41, 5.74) is 0. The molecule has 86 valence electrons. The largest absolute Gasteiger partial charge is 0.269 e. The number of hydrazine groups is 1. The van der Waals surface area contributed by atoms with Gasteiger partial charge in [0, 0.05) is 13.1 Å². The minimum atomic E-state index is 0.952. The van der Waals surface area contributed by atoms with E-state index in [1.807, 2.05) is 41.5 Å². The Morgan fingerprint density at radius 3 is 1.23 bits per heavy atom. The molecule has 0 bridgehead atoms. The lowest BCUT2D eigenvalue weighted by Gasteiger charge is -2.09. The Hall–Kier alpha value is -0.0800. The molecule has 0 heterocycles. The van der Waals surface area contributed by atoms with E-state index in [0.717, 1.165) is 19.5 Å². The van der Waals surface area contributed by atoms with Gasteiger partial charge in [-0.25, -0.2) is 5.01 Å². The molecule has 0 aliphatic carbocycles. The number of rotatable bonds is 3. The summed E-state index contributed by atoms with van der Waals surface area (Å²) in [6.45, 7) is 18.1. The summed E-state index contributed by atoms with van der Waals surface area (Å²) in [6, 6.07) is 0. The van der Waals surface area contributed by atoms with Crippen LogP contribution in [0.1, 0.15) is 61.8 Å². The summed E-state index contributed by atoms with van der Waals surface area (Å²) >= 11 is 0. The second-order valence-corrected chi connectivity index (χ2v) is 1.63.